The first-order valence-electron chi connectivity index (χ1n) is 11.3. The number of aromatic amines is 1. The van der Waals surface area contributed by atoms with Gasteiger partial charge in [-0.3, -0.25) is 19.3 Å². The predicted octanol–water partition coefficient (Wildman–Crippen LogP) is 5.06. The standard InChI is InChI=1S/C26H27N5O3/c1-16(25(33)31-12-4-5-24(31)27-3)13-19-15-28-23-11-10-21(14-22(19)23)30-26(34)29-20-8-6-18(7-9-20)17(2)32/h6-11,14-16,24,28H,4-5,12-13H2,1-2H3,(H2,29,30,34)/t16-,24-/m0/s1. The van der Waals surface area contributed by atoms with E-state index in [1.54, 1.807) is 35.2 Å². The smallest absolute Gasteiger partial charge is 0.323 e. The molecule has 2 atom stereocenters. The summed E-state index contributed by atoms with van der Waals surface area (Å²) < 4.78 is 0. The second-order valence-corrected chi connectivity index (χ2v) is 8.68. The highest BCUT2D eigenvalue weighted by atomic mass is 16.2. The van der Waals surface area contributed by atoms with E-state index in [4.69, 9.17) is 6.57 Å². The number of nitrogens with zero attached hydrogens (tertiary/aromatic N) is 2. The molecule has 2 aromatic carbocycles. The summed E-state index contributed by atoms with van der Waals surface area (Å²) in [6.45, 7) is 11.4. The number of rotatable bonds is 6. The van der Waals surface area contributed by atoms with Gasteiger partial charge in [-0.2, -0.15) is 0 Å². The van der Waals surface area contributed by atoms with Gasteiger partial charge in [0.15, 0.2) is 5.78 Å². The molecule has 4 rings (SSSR count). The summed E-state index contributed by atoms with van der Waals surface area (Å²) in [5.41, 5.74) is 3.69. The van der Waals surface area contributed by atoms with Crippen LogP contribution in [0.2, 0.25) is 0 Å². The van der Waals surface area contributed by atoms with E-state index in [1.165, 1.54) is 6.92 Å². The van der Waals surface area contributed by atoms with Crippen LogP contribution in [-0.4, -0.2) is 40.3 Å². The minimum atomic E-state index is -0.394. The number of H-pyrrole nitrogens is 1. The molecule has 3 N–H and O–H groups in total. The van der Waals surface area contributed by atoms with Crippen LogP contribution in [0.15, 0.2) is 48.7 Å². The summed E-state index contributed by atoms with van der Waals surface area (Å²) in [5, 5.41) is 6.53. The van der Waals surface area contributed by atoms with Crippen molar-refractivity contribution in [1.29, 1.82) is 0 Å². The molecule has 0 bridgehead atoms. The van der Waals surface area contributed by atoms with Crippen LogP contribution in [0, 0.1) is 12.5 Å². The number of anilines is 2. The average molecular weight is 458 g/mol. The van der Waals surface area contributed by atoms with Crippen LogP contribution in [0.4, 0.5) is 16.2 Å². The van der Waals surface area contributed by atoms with Crippen LogP contribution in [0.5, 0.6) is 0 Å². The lowest BCUT2D eigenvalue weighted by atomic mass is 9.99. The van der Waals surface area contributed by atoms with Crippen LogP contribution in [0.1, 0.15) is 42.6 Å². The van der Waals surface area contributed by atoms with Crippen molar-refractivity contribution in [3.63, 3.8) is 0 Å². The Labute approximate surface area is 198 Å². The number of amides is 3. The van der Waals surface area contributed by atoms with E-state index in [0.717, 1.165) is 29.3 Å². The quantitative estimate of drug-likeness (QED) is 0.356. The second kappa shape index (κ2) is 9.79. The second-order valence-electron chi connectivity index (χ2n) is 8.68. The Balaban J connectivity index is 1.43. The third-order valence-corrected chi connectivity index (χ3v) is 6.18. The zero-order valence-electron chi connectivity index (χ0n) is 19.2. The van der Waals surface area contributed by atoms with Crippen molar-refractivity contribution >= 4 is 40.0 Å². The molecule has 34 heavy (non-hydrogen) atoms. The molecule has 0 unspecified atom stereocenters. The highest BCUT2D eigenvalue weighted by Gasteiger charge is 2.35. The number of ketones is 1. The zero-order valence-corrected chi connectivity index (χ0v) is 19.2. The summed E-state index contributed by atoms with van der Waals surface area (Å²) in [4.78, 5) is 45.3. The van der Waals surface area contributed by atoms with E-state index in [9.17, 15) is 14.4 Å². The molecule has 3 amide bonds. The van der Waals surface area contributed by atoms with Crippen molar-refractivity contribution in [2.45, 2.75) is 39.3 Å². The van der Waals surface area contributed by atoms with Crippen molar-refractivity contribution in [2.75, 3.05) is 17.2 Å². The van der Waals surface area contributed by atoms with Gasteiger partial charge in [0, 0.05) is 52.9 Å². The Morgan fingerprint density at radius 3 is 2.56 bits per heavy atom. The molecule has 8 nitrogen and oxygen atoms in total. The molecule has 1 fully saturated rings. The summed E-state index contributed by atoms with van der Waals surface area (Å²) in [5.74, 6) is -0.272. The molecule has 1 aromatic heterocycles. The Morgan fingerprint density at radius 2 is 1.85 bits per heavy atom. The van der Waals surface area contributed by atoms with E-state index in [-0.39, 0.29) is 23.8 Å². The molecule has 1 aliphatic heterocycles. The SMILES string of the molecule is [C-]#[N+][C@@H]1CCCN1C(=O)[C@@H](C)Cc1c[nH]c2ccc(NC(=O)Nc3ccc(C(C)=O)cc3)cc12. The third-order valence-electron chi connectivity index (χ3n) is 6.18. The number of urea groups is 1. The number of carbonyl (C=O) groups is 3. The highest BCUT2D eigenvalue weighted by Crippen LogP contribution is 2.27. The molecule has 174 valence electrons. The topological polar surface area (TPSA) is 98.7 Å². The lowest BCUT2D eigenvalue weighted by molar-refractivity contribution is -0.135. The van der Waals surface area contributed by atoms with Gasteiger partial charge in [0.05, 0.1) is 0 Å². The minimum absolute atomic E-state index is 0.0114. The molecule has 8 heteroatoms. The van der Waals surface area contributed by atoms with Crippen LogP contribution in [-0.2, 0) is 11.2 Å². The maximum atomic E-state index is 12.9. The van der Waals surface area contributed by atoms with Gasteiger partial charge in [-0.15, -0.1) is 0 Å². The number of aromatic nitrogens is 1. The molecule has 2 heterocycles. The number of hydrogen-bond donors (Lipinski definition) is 3. The van der Waals surface area contributed by atoms with Crippen molar-refractivity contribution in [3.8, 4) is 0 Å². The highest BCUT2D eigenvalue weighted by molar-refractivity contribution is 6.02. The number of hydrogen-bond acceptors (Lipinski definition) is 3. The van der Waals surface area contributed by atoms with E-state index >= 15 is 0 Å². The molecule has 0 radical (unpaired) electrons. The molecular formula is C26H27N5O3. The normalized spacial score (nSPS) is 16.1. The Morgan fingerprint density at radius 1 is 1.15 bits per heavy atom. The first kappa shape index (κ1) is 23.1. The van der Waals surface area contributed by atoms with Gasteiger partial charge < -0.3 is 15.6 Å². The van der Waals surface area contributed by atoms with E-state index < -0.39 is 6.03 Å². The molecule has 0 aliphatic carbocycles. The molecule has 0 spiro atoms. The minimum Gasteiger partial charge on any atom is -0.361 e. The number of fused-ring (bicyclic) bond motifs is 1. The van der Waals surface area contributed by atoms with Crippen molar-refractivity contribution in [3.05, 3.63) is 71.2 Å². The van der Waals surface area contributed by atoms with E-state index in [2.05, 4.69) is 20.5 Å². The first-order chi connectivity index (χ1) is 16.4. The lowest BCUT2D eigenvalue weighted by Gasteiger charge is -2.20. The number of Topliss-reactive ketones (excluding diaryl/α,β-unsaturated/α-hetero) is 1. The summed E-state index contributed by atoms with van der Waals surface area (Å²) >= 11 is 0. The van der Waals surface area contributed by atoms with Gasteiger partial charge in [-0.25, -0.2) is 11.4 Å². The largest absolute Gasteiger partial charge is 0.361 e. The fourth-order valence-corrected chi connectivity index (χ4v) is 4.35. The van der Waals surface area contributed by atoms with Crippen LogP contribution < -0.4 is 10.6 Å². The fraction of sp³-hybridized carbons (Fsp3) is 0.308. The predicted molar refractivity (Wildman–Crippen MR) is 132 cm³/mol. The van der Waals surface area contributed by atoms with E-state index in [1.807, 2.05) is 25.3 Å². The van der Waals surface area contributed by atoms with Crippen LogP contribution >= 0.6 is 0 Å². The molecule has 3 aromatic rings. The first-order valence-corrected chi connectivity index (χ1v) is 11.3. The number of likely N-dealkylation sites (tertiary alicyclic amines) is 1. The van der Waals surface area contributed by atoms with Crippen LogP contribution in [0.3, 0.4) is 0 Å². The summed E-state index contributed by atoms with van der Waals surface area (Å²) in [6.07, 6.45) is 3.71. The monoisotopic (exact) mass is 457 g/mol. The fourth-order valence-electron chi connectivity index (χ4n) is 4.35. The van der Waals surface area contributed by atoms with Crippen LogP contribution in [0.25, 0.3) is 15.7 Å². The third kappa shape index (κ3) is 4.94. The molecule has 0 saturated carbocycles. The average Bonchev–Trinajstić information content (AvgIpc) is 3.45. The summed E-state index contributed by atoms with van der Waals surface area (Å²) in [6, 6.07) is 11.9. The lowest BCUT2D eigenvalue weighted by Crippen LogP contribution is -2.38. The van der Waals surface area contributed by atoms with Crippen molar-refractivity contribution in [2.24, 2.45) is 5.92 Å². The van der Waals surface area contributed by atoms with Gasteiger partial charge in [-0.1, -0.05) is 6.92 Å². The number of nitrogens with one attached hydrogen (secondary N) is 3. The molecule has 1 aliphatic rings. The van der Waals surface area contributed by atoms with Gasteiger partial charge in [-0.05, 0) is 67.8 Å². The Bertz CT molecular complexity index is 1270. The van der Waals surface area contributed by atoms with Crippen molar-refractivity contribution < 1.29 is 14.4 Å². The molecule has 1 saturated heterocycles. The zero-order chi connectivity index (χ0) is 24.2. The van der Waals surface area contributed by atoms with Gasteiger partial charge in [0.25, 0.3) is 0 Å². The molecular weight excluding hydrogens is 430 g/mol. The Kier molecular flexibility index (Phi) is 6.64. The van der Waals surface area contributed by atoms with E-state index in [0.29, 0.717) is 29.9 Å². The van der Waals surface area contributed by atoms with Gasteiger partial charge in [0.1, 0.15) is 0 Å². The van der Waals surface area contributed by atoms with Crippen molar-refractivity contribution in [1.82, 2.24) is 9.88 Å². The maximum Gasteiger partial charge on any atom is 0.323 e. The van der Waals surface area contributed by atoms with Gasteiger partial charge in [0.2, 0.25) is 5.91 Å². The number of benzene rings is 2. The maximum absolute atomic E-state index is 12.9. The van der Waals surface area contributed by atoms with Gasteiger partial charge >= 0.3 is 12.2 Å². The Hall–Kier alpha value is -4.12. The number of carbonyl (C=O) groups excluding carboxylic acids is 3. The summed E-state index contributed by atoms with van der Waals surface area (Å²) in [7, 11) is 0.